The lowest BCUT2D eigenvalue weighted by Gasteiger charge is -2.11. The number of hydrogen-bond donors (Lipinski definition) is 2. The highest BCUT2D eigenvalue weighted by molar-refractivity contribution is 6.07. The summed E-state index contributed by atoms with van der Waals surface area (Å²) in [5.74, 6) is -0.147. The molecule has 3 rings (SSSR count). The number of nitrogens with zero attached hydrogens (tertiary/aromatic N) is 2. The van der Waals surface area contributed by atoms with Gasteiger partial charge in [0.25, 0.3) is 11.5 Å². The Hall–Kier alpha value is -2.73. The minimum atomic E-state index is -0.203. The molecular weight excluding hydrogens is 292 g/mol. The average molecular weight is 310 g/mol. The molecule has 0 spiro atoms. The number of hydrogen-bond acceptors (Lipinski definition) is 4. The Morgan fingerprint density at radius 2 is 2.04 bits per heavy atom. The molecule has 6 heteroatoms. The quantitative estimate of drug-likeness (QED) is 0.713. The summed E-state index contributed by atoms with van der Waals surface area (Å²) in [5, 5.41) is 4.98. The van der Waals surface area contributed by atoms with E-state index in [9.17, 15) is 9.59 Å². The SMILES string of the molecule is CN(C)CCNC(=O)c1ccc2c(=O)[nH]c3ncccc3c2c1. The Morgan fingerprint density at radius 3 is 2.83 bits per heavy atom. The van der Waals surface area contributed by atoms with E-state index in [0.29, 0.717) is 23.1 Å². The fraction of sp³-hybridized carbons (Fsp3) is 0.235. The van der Waals surface area contributed by atoms with E-state index in [-0.39, 0.29) is 11.5 Å². The summed E-state index contributed by atoms with van der Waals surface area (Å²) in [4.78, 5) is 33.3. The molecule has 0 aliphatic rings. The van der Waals surface area contributed by atoms with Crippen LogP contribution in [0.2, 0.25) is 0 Å². The molecule has 2 heterocycles. The van der Waals surface area contributed by atoms with Crippen LogP contribution in [0.1, 0.15) is 10.4 Å². The monoisotopic (exact) mass is 310 g/mol. The summed E-state index contributed by atoms with van der Waals surface area (Å²) < 4.78 is 0. The Balaban J connectivity index is 2.02. The van der Waals surface area contributed by atoms with Gasteiger partial charge >= 0.3 is 0 Å². The maximum atomic E-state index is 12.3. The second kappa shape index (κ2) is 6.18. The van der Waals surface area contributed by atoms with Gasteiger partial charge in [0.15, 0.2) is 0 Å². The molecule has 0 fully saturated rings. The standard InChI is InChI=1S/C17H18N4O2/c1-21(2)9-8-19-16(22)11-5-6-13-14(10-11)12-4-3-7-18-15(12)20-17(13)23/h3-7,10H,8-9H2,1-2H3,(H,19,22)(H,18,20,23). The molecule has 0 saturated carbocycles. The van der Waals surface area contributed by atoms with Gasteiger partial charge < -0.3 is 15.2 Å². The van der Waals surface area contributed by atoms with Crippen molar-refractivity contribution in [3.05, 3.63) is 52.4 Å². The average Bonchev–Trinajstić information content (AvgIpc) is 2.54. The first-order chi connectivity index (χ1) is 11.1. The molecular formula is C17H18N4O2. The maximum absolute atomic E-state index is 12.3. The van der Waals surface area contributed by atoms with Gasteiger partial charge in [0.1, 0.15) is 5.65 Å². The number of likely N-dealkylation sites (N-methyl/N-ethyl adjacent to an activating group) is 1. The van der Waals surface area contributed by atoms with Crippen LogP contribution in [0.25, 0.3) is 21.8 Å². The first-order valence-corrected chi connectivity index (χ1v) is 7.40. The zero-order valence-electron chi connectivity index (χ0n) is 13.1. The third-order valence-electron chi connectivity index (χ3n) is 3.70. The minimum absolute atomic E-state index is 0.147. The van der Waals surface area contributed by atoms with Crippen LogP contribution in [0.15, 0.2) is 41.3 Å². The number of pyridine rings is 2. The van der Waals surface area contributed by atoms with Crippen molar-refractivity contribution in [1.29, 1.82) is 0 Å². The third-order valence-corrected chi connectivity index (χ3v) is 3.70. The van der Waals surface area contributed by atoms with Crippen LogP contribution in [0.3, 0.4) is 0 Å². The lowest BCUT2D eigenvalue weighted by molar-refractivity contribution is 0.0951. The van der Waals surface area contributed by atoms with Crippen molar-refractivity contribution in [2.45, 2.75) is 0 Å². The second-order valence-electron chi connectivity index (χ2n) is 5.67. The fourth-order valence-corrected chi connectivity index (χ4v) is 2.50. The first kappa shape index (κ1) is 15.2. The first-order valence-electron chi connectivity index (χ1n) is 7.40. The molecule has 118 valence electrons. The van der Waals surface area contributed by atoms with Gasteiger partial charge in [-0.15, -0.1) is 0 Å². The molecule has 0 aliphatic heterocycles. The molecule has 2 aromatic heterocycles. The summed E-state index contributed by atoms with van der Waals surface area (Å²) in [6, 6.07) is 8.80. The van der Waals surface area contributed by atoms with Gasteiger partial charge in [0, 0.05) is 35.6 Å². The Bertz CT molecular complexity index is 931. The van der Waals surface area contributed by atoms with Crippen LogP contribution in [-0.2, 0) is 0 Å². The number of H-pyrrole nitrogens is 1. The van der Waals surface area contributed by atoms with Gasteiger partial charge in [0.2, 0.25) is 0 Å². The zero-order valence-corrected chi connectivity index (χ0v) is 13.1. The number of aromatic amines is 1. The van der Waals surface area contributed by atoms with E-state index in [1.807, 2.05) is 31.1 Å². The van der Waals surface area contributed by atoms with Gasteiger partial charge in [0.05, 0.1) is 0 Å². The van der Waals surface area contributed by atoms with Crippen LogP contribution in [0.5, 0.6) is 0 Å². The summed E-state index contributed by atoms with van der Waals surface area (Å²) in [6.07, 6.45) is 1.63. The van der Waals surface area contributed by atoms with Crippen molar-refractivity contribution in [3.8, 4) is 0 Å². The predicted octanol–water partition coefficient (Wildman–Crippen LogP) is 1.37. The van der Waals surface area contributed by atoms with Crippen LogP contribution < -0.4 is 10.9 Å². The number of amides is 1. The summed E-state index contributed by atoms with van der Waals surface area (Å²) >= 11 is 0. The molecule has 0 radical (unpaired) electrons. The van der Waals surface area contributed by atoms with Crippen LogP contribution in [0, 0.1) is 0 Å². The van der Waals surface area contributed by atoms with Crippen LogP contribution in [-0.4, -0.2) is 48.0 Å². The molecule has 1 aromatic carbocycles. The number of nitrogens with one attached hydrogen (secondary N) is 2. The molecule has 0 atom stereocenters. The Morgan fingerprint density at radius 1 is 1.22 bits per heavy atom. The molecule has 0 saturated heterocycles. The van der Waals surface area contributed by atoms with E-state index in [2.05, 4.69) is 15.3 Å². The van der Waals surface area contributed by atoms with Gasteiger partial charge in [-0.1, -0.05) is 0 Å². The van der Waals surface area contributed by atoms with E-state index in [1.54, 1.807) is 24.4 Å². The van der Waals surface area contributed by atoms with Gasteiger partial charge in [-0.2, -0.15) is 0 Å². The molecule has 0 aliphatic carbocycles. The smallest absolute Gasteiger partial charge is 0.257 e. The van der Waals surface area contributed by atoms with E-state index < -0.39 is 0 Å². The van der Waals surface area contributed by atoms with Gasteiger partial charge in [-0.05, 0) is 49.8 Å². The highest BCUT2D eigenvalue weighted by Gasteiger charge is 2.10. The summed E-state index contributed by atoms with van der Waals surface area (Å²) in [6.45, 7) is 1.34. The normalized spacial score (nSPS) is 11.3. The number of carbonyl (C=O) groups excluding carboxylic acids is 1. The number of fused-ring (bicyclic) bond motifs is 3. The second-order valence-corrected chi connectivity index (χ2v) is 5.67. The number of rotatable bonds is 4. The maximum Gasteiger partial charge on any atom is 0.257 e. The van der Waals surface area contributed by atoms with E-state index in [4.69, 9.17) is 0 Å². The van der Waals surface area contributed by atoms with Crippen molar-refractivity contribution >= 4 is 27.7 Å². The number of carbonyl (C=O) groups is 1. The third kappa shape index (κ3) is 3.07. The van der Waals surface area contributed by atoms with E-state index >= 15 is 0 Å². The Kier molecular flexibility index (Phi) is 4.08. The fourth-order valence-electron chi connectivity index (χ4n) is 2.50. The summed E-state index contributed by atoms with van der Waals surface area (Å²) in [7, 11) is 3.90. The van der Waals surface area contributed by atoms with E-state index in [1.165, 1.54) is 0 Å². The van der Waals surface area contributed by atoms with Crippen molar-refractivity contribution < 1.29 is 4.79 Å². The molecule has 2 N–H and O–H groups in total. The molecule has 23 heavy (non-hydrogen) atoms. The molecule has 1 amide bonds. The number of benzene rings is 1. The van der Waals surface area contributed by atoms with Gasteiger partial charge in [-0.3, -0.25) is 9.59 Å². The Labute approximate surface area is 133 Å². The van der Waals surface area contributed by atoms with Crippen molar-refractivity contribution in [2.75, 3.05) is 27.2 Å². The molecule has 3 aromatic rings. The van der Waals surface area contributed by atoms with Crippen molar-refractivity contribution in [1.82, 2.24) is 20.2 Å². The lowest BCUT2D eigenvalue weighted by atomic mass is 10.0. The molecule has 6 nitrogen and oxygen atoms in total. The highest BCUT2D eigenvalue weighted by atomic mass is 16.1. The number of aromatic nitrogens is 2. The van der Waals surface area contributed by atoms with Crippen LogP contribution in [0.4, 0.5) is 0 Å². The van der Waals surface area contributed by atoms with Crippen LogP contribution >= 0.6 is 0 Å². The molecule has 0 bridgehead atoms. The van der Waals surface area contributed by atoms with Crippen molar-refractivity contribution in [3.63, 3.8) is 0 Å². The minimum Gasteiger partial charge on any atom is -0.351 e. The topological polar surface area (TPSA) is 78.1 Å². The van der Waals surface area contributed by atoms with E-state index in [0.717, 1.165) is 17.3 Å². The zero-order chi connectivity index (χ0) is 16.4. The van der Waals surface area contributed by atoms with Gasteiger partial charge in [-0.25, -0.2) is 4.98 Å². The highest BCUT2D eigenvalue weighted by Crippen LogP contribution is 2.20. The predicted molar refractivity (Wildman–Crippen MR) is 90.8 cm³/mol. The lowest BCUT2D eigenvalue weighted by Crippen LogP contribution is -2.31. The largest absolute Gasteiger partial charge is 0.351 e. The molecule has 0 unspecified atom stereocenters. The summed E-state index contributed by atoms with van der Waals surface area (Å²) in [5.41, 5.74) is 0.855. The van der Waals surface area contributed by atoms with Crippen molar-refractivity contribution in [2.24, 2.45) is 0 Å².